The SMILES string of the molecule is [c]1ccc(OC2CCC(CCOC3C[CH]CC3)C2)cc1. The summed E-state index contributed by atoms with van der Waals surface area (Å²) in [6, 6.07) is 10.8. The van der Waals surface area contributed by atoms with Gasteiger partial charge in [0.25, 0.3) is 0 Å². The quantitative estimate of drug-likeness (QED) is 0.772. The molecular weight excluding hydrogens is 248 g/mol. The Morgan fingerprint density at radius 3 is 2.80 bits per heavy atom. The lowest BCUT2D eigenvalue weighted by Gasteiger charge is -2.15. The van der Waals surface area contributed by atoms with Crippen molar-refractivity contribution < 1.29 is 9.47 Å². The first-order valence-electron chi connectivity index (χ1n) is 7.96. The maximum absolute atomic E-state index is 6.02. The van der Waals surface area contributed by atoms with Crippen LogP contribution in [0.2, 0.25) is 0 Å². The molecule has 0 aromatic heterocycles. The standard InChI is InChI=1S/C18H24O2/c1-2-8-17(9-3-1)20-18-11-10-15(14-18)12-13-19-16-6-4-5-7-16/h2-4,8-9,15-16,18H,5-7,10-14H2. The smallest absolute Gasteiger partial charge is 0.119 e. The molecule has 0 spiro atoms. The Balaban J connectivity index is 1.34. The van der Waals surface area contributed by atoms with E-state index < -0.39 is 0 Å². The molecule has 2 saturated carbocycles. The van der Waals surface area contributed by atoms with Crippen molar-refractivity contribution in [1.82, 2.24) is 0 Å². The molecule has 3 unspecified atom stereocenters. The van der Waals surface area contributed by atoms with E-state index >= 15 is 0 Å². The molecule has 0 saturated heterocycles. The summed E-state index contributed by atoms with van der Waals surface area (Å²) in [4.78, 5) is 0. The van der Waals surface area contributed by atoms with E-state index in [0.29, 0.717) is 12.2 Å². The first-order valence-corrected chi connectivity index (χ1v) is 7.96. The first kappa shape index (κ1) is 13.9. The summed E-state index contributed by atoms with van der Waals surface area (Å²) in [6.45, 7) is 0.927. The van der Waals surface area contributed by atoms with Gasteiger partial charge in [-0.15, -0.1) is 0 Å². The average Bonchev–Trinajstić information content (AvgIpc) is 3.12. The molecule has 2 aliphatic carbocycles. The maximum atomic E-state index is 6.02. The lowest BCUT2D eigenvalue weighted by atomic mass is 10.0. The van der Waals surface area contributed by atoms with Crippen molar-refractivity contribution in [3.8, 4) is 5.75 Å². The highest BCUT2D eigenvalue weighted by atomic mass is 16.5. The predicted octanol–water partition coefficient (Wildman–Crippen LogP) is 4.20. The van der Waals surface area contributed by atoms with E-state index in [-0.39, 0.29) is 0 Å². The van der Waals surface area contributed by atoms with Crippen LogP contribution < -0.4 is 4.74 Å². The minimum atomic E-state index is 0.391. The highest BCUT2D eigenvalue weighted by Gasteiger charge is 2.26. The molecule has 0 amide bonds. The lowest BCUT2D eigenvalue weighted by Crippen LogP contribution is -2.14. The second-order valence-corrected chi connectivity index (χ2v) is 6.04. The molecule has 1 aromatic carbocycles. The monoisotopic (exact) mass is 272 g/mol. The third-order valence-electron chi connectivity index (χ3n) is 4.49. The normalized spacial score (nSPS) is 27.0. The zero-order valence-electron chi connectivity index (χ0n) is 12.1. The van der Waals surface area contributed by atoms with Crippen LogP contribution in [0.15, 0.2) is 24.3 Å². The average molecular weight is 272 g/mol. The van der Waals surface area contributed by atoms with Crippen molar-refractivity contribution in [2.24, 2.45) is 5.92 Å². The van der Waals surface area contributed by atoms with Crippen molar-refractivity contribution in [1.29, 1.82) is 0 Å². The molecule has 2 heteroatoms. The van der Waals surface area contributed by atoms with Crippen LogP contribution >= 0.6 is 0 Å². The van der Waals surface area contributed by atoms with Gasteiger partial charge in [-0.3, -0.25) is 0 Å². The fourth-order valence-corrected chi connectivity index (χ4v) is 3.32. The molecule has 20 heavy (non-hydrogen) atoms. The maximum Gasteiger partial charge on any atom is 0.119 e. The third kappa shape index (κ3) is 3.99. The van der Waals surface area contributed by atoms with Crippen molar-refractivity contribution in [3.63, 3.8) is 0 Å². The molecule has 0 N–H and O–H groups in total. The minimum Gasteiger partial charge on any atom is -0.490 e. The van der Waals surface area contributed by atoms with E-state index in [9.17, 15) is 0 Å². The van der Waals surface area contributed by atoms with E-state index in [4.69, 9.17) is 9.47 Å². The molecular formula is C18H24O2. The van der Waals surface area contributed by atoms with Gasteiger partial charge in [0, 0.05) is 6.61 Å². The Labute approximate surface area is 122 Å². The predicted molar refractivity (Wildman–Crippen MR) is 79.5 cm³/mol. The van der Waals surface area contributed by atoms with Gasteiger partial charge in [-0.2, -0.15) is 0 Å². The van der Waals surface area contributed by atoms with Crippen LogP contribution in [0.4, 0.5) is 0 Å². The van der Waals surface area contributed by atoms with Crippen molar-refractivity contribution >= 4 is 0 Å². The lowest BCUT2D eigenvalue weighted by molar-refractivity contribution is 0.0504. The Hall–Kier alpha value is -1.02. The van der Waals surface area contributed by atoms with E-state index in [0.717, 1.165) is 24.7 Å². The van der Waals surface area contributed by atoms with Crippen LogP contribution in [0.3, 0.4) is 0 Å². The zero-order chi connectivity index (χ0) is 13.6. The summed E-state index contributed by atoms with van der Waals surface area (Å²) in [5.74, 6) is 1.76. The second kappa shape index (κ2) is 7.12. The molecule has 108 valence electrons. The number of hydrogen-bond donors (Lipinski definition) is 0. The fourth-order valence-electron chi connectivity index (χ4n) is 3.32. The largest absolute Gasteiger partial charge is 0.490 e. The molecule has 2 fully saturated rings. The van der Waals surface area contributed by atoms with Crippen LogP contribution in [0.25, 0.3) is 0 Å². The Morgan fingerprint density at radius 1 is 1.10 bits per heavy atom. The molecule has 3 rings (SSSR count). The Morgan fingerprint density at radius 2 is 2.00 bits per heavy atom. The van der Waals surface area contributed by atoms with Gasteiger partial charge < -0.3 is 9.47 Å². The molecule has 3 atom stereocenters. The van der Waals surface area contributed by atoms with Gasteiger partial charge in [-0.1, -0.05) is 12.1 Å². The fraction of sp³-hybridized carbons (Fsp3) is 0.611. The van der Waals surface area contributed by atoms with E-state index in [2.05, 4.69) is 12.5 Å². The van der Waals surface area contributed by atoms with E-state index in [1.807, 2.05) is 24.3 Å². The van der Waals surface area contributed by atoms with Gasteiger partial charge in [0.05, 0.1) is 12.2 Å². The van der Waals surface area contributed by atoms with Gasteiger partial charge in [-0.05, 0) is 75.5 Å². The first-order chi connectivity index (χ1) is 9.90. The van der Waals surface area contributed by atoms with Gasteiger partial charge >= 0.3 is 0 Å². The third-order valence-corrected chi connectivity index (χ3v) is 4.49. The second-order valence-electron chi connectivity index (χ2n) is 6.04. The van der Waals surface area contributed by atoms with Gasteiger partial charge in [0.15, 0.2) is 0 Å². The molecule has 0 aliphatic heterocycles. The molecule has 0 heterocycles. The van der Waals surface area contributed by atoms with Crippen LogP contribution in [0.5, 0.6) is 5.75 Å². The van der Waals surface area contributed by atoms with E-state index in [1.54, 1.807) is 0 Å². The van der Waals surface area contributed by atoms with Gasteiger partial charge in [-0.25, -0.2) is 0 Å². The highest BCUT2D eigenvalue weighted by Crippen LogP contribution is 2.31. The van der Waals surface area contributed by atoms with Crippen molar-refractivity contribution in [3.05, 3.63) is 36.8 Å². The van der Waals surface area contributed by atoms with Gasteiger partial charge in [0.1, 0.15) is 5.75 Å². The molecule has 1 aromatic rings. The number of rotatable bonds is 6. The van der Waals surface area contributed by atoms with Crippen LogP contribution in [-0.2, 0) is 4.74 Å². The molecule has 2 nitrogen and oxygen atoms in total. The topological polar surface area (TPSA) is 18.5 Å². The van der Waals surface area contributed by atoms with Crippen molar-refractivity contribution in [2.75, 3.05) is 6.61 Å². The summed E-state index contributed by atoms with van der Waals surface area (Å²) < 4.78 is 12.0. The molecule has 2 radical (unpaired) electrons. The number of ether oxygens (including phenoxy) is 2. The summed E-state index contributed by atoms with van der Waals surface area (Å²) in [5.41, 5.74) is 0. The highest BCUT2D eigenvalue weighted by molar-refractivity contribution is 5.20. The summed E-state index contributed by atoms with van der Waals surface area (Å²) >= 11 is 0. The molecule has 0 bridgehead atoms. The number of benzene rings is 1. The number of hydrogen-bond acceptors (Lipinski definition) is 2. The van der Waals surface area contributed by atoms with Crippen molar-refractivity contribution in [2.45, 2.75) is 57.2 Å². The zero-order valence-corrected chi connectivity index (χ0v) is 12.1. The van der Waals surface area contributed by atoms with Crippen LogP contribution in [0, 0.1) is 18.4 Å². The summed E-state index contributed by atoms with van der Waals surface area (Å²) in [7, 11) is 0. The Bertz CT molecular complexity index is 384. The summed E-state index contributed by atoms with van der Waals surface area (Å²) in [5, 5.41) is 0. The minimum absolute atomic E-state index is 0.391. The van der Waals surface area contributed by atoms with E-state index in [1.165, 1.54) is 38.5 Å². The molecule has 2 aliphatic rings. The summed E-state index contributed by atoms with van der Waals surface area (Å²) in [6.07, 6.45) is 11.7. The van der Waals surface area contributed by atoms with Crippen LogP contribution in [0.1, 0.15) is 44.9 Å². The Kier molecular flexibility index (Phi) is 4.96. The van der Waals surface area contributed by atoms with Gasteiger partial charge in [0.2, 0.25) is 0 Å². The van der Waals surface area contributed by atoms with Crippen LogP contribution in [-0.4, -0.2) is 18.8 Å².